The van der Waals surface area contributed by atoms with Gasteiger partial charge in [0.25, 0.3) is 5.91 Å². The van der Waals surface area contributed by atoms with E-state index in [2.05, 4.69) is 29.1 Å². The molecule has 5 rings (SSSR count). The van der Waals surface area contributed by atoms with E-state index in [4.69, 9.17) is 4.98 Å². The normalized spacial score (nSPS) is 19.9. The highest BCUT2D eigenvalue weighted by molar-refractivity contribution is 5.95. The summed E-state index contributed by atoms with van der Waals surface area (Å²) < 4.78 is 2.01. The summed E-state index contributed by atoms with van der Waals surface area (Å²) in [5, 5.41) is 4.44. The van der Waals surface area contributed by atoms with E-state index in [-0.39, 0.29) is 11.9 Å². The van der Waals surface area contributed by atoms with Gasteiger partial charge < -0.3 is 9.88 Å². The van der Waals surface area contributed by atoms with Crippen molar-refractivity contribution in [3.8, 4) is 0 Å². The molecule has 3 aromatic rings. The molecule has 1 amide bonds. The van der Waals surface area contributed by atoms with Gasteiger partial charge in [-0.15, -0.1) is 0 Å². The molecule has 0 aliphatic carbocycles. The molecule has 1 atom stereocenters. The number of carbonyl (C=O) groups is 1. The average Bonchev–Trinajstić information content (AvgIpc) is 3.37. The predicted octanol–water partition coefficient (Wildman–Crippen LogP) is 3.38. The van der Waals surface area contributed by atoms with E-state index < -0.39 is 0 Å². The Balaban J connectivity index is 1.48. The number of aromatic amines is 1. The molecule has 1 saturated heterocycles. The number of nitrogens with one attached hydrogen (secondary N) is 1. The molecule has 1 aromatic carbocycles. The van der Waals surface area contributed by atoms with E-state index in [1.165, 1.54) is 5.56 Å². The van der Waals surface area contributed by atoms with Gasteiger partial charge in [-0.3, -0.25) is 9.48 Å². The van der Waals surface area contributed by atoms with Crippen LogP contribution in [0.5, 0.6) is 0 Å². The molecular weight excluding hydrogens is 326 g/mol. The Labute approximate surface area is 152 Å². The van der Waals surface area contributed by atoms with Gasteiger partial charge >= 0.3 is 0 Å². The number of aryl methyl sites for hydroxylation is 2. The summed E-state index contributed by atoms with van der Waals surface area (Å²) in [6.45, 7) is 3.79. The molecule has 26 heavy (non-hydrogen) atoms. The van der Waals surface area contributed by atoms with Gasteiger partial charge in [-0.2, -0.15) is 5.10 Å². The van der Waals surface area contributed by atoms with Gasteiger partial charge in [-0.1, -0.05) is 6.07 Å². The molecule has 2 aliphatic heterocycles. The first-order valence-corrected chi connectivity index (χ1v) is 9.52. The van der Waals surface area contributed by atoms with Gasteiger partial charge in [-0.05, 0) is 56.7 Å². The van der Waals surface area contributed by atoms with Crippen LogP contribution >= 0.6 is 0 Å². The summed E-state index contributed by atoms with van der Waals surface area (Å²) in [7, 11) is 0. The highest BCUT2D eigenvalue weighted by Crippen LogP contribution is 2.33. The summed E-state index contributed by atoms with van der Waals surface area (Å²) in [4.78, 5) is 23.5. The number of H-pyrrole nitrogens is 1. The number of likely N-dealkylation sites (tertiary alicyclic amines) is 1. The summed E-state index contributed by atoms with van der Waals surface area (Å²) in [6.07, 6.45) is 6.96. The molecule has 0 spiro atoms. The maximum atomic E-state index is 13.3. The lowest BCUT2D eigenvalue weighted by Crippen LogP contribution is -2.32. The zero-order valence-electron chi connectivity index (χ0n) is 15.0. The van der Waals surface area contributed by atoms with Crippen LogP contribution in [0.3, 0.4) is 0 Å². The van der Waals surface area contributed by atoms with Gasteiger partial charge in [0.2, 0.25) is 0 Å². The first-order valence-electron chi connectivity index (χ1n) is 9.52. The monoisotopic (exact) mass is 349 g/mol. The smallest absolute Gasteiger partial charge is 0.257 e. The van der Waals surface area contributed by atoms with Crippen LogP contribution in [0.2, 0.25) is 0 Å². The Morgan fingerprint density at radius 3 is 3.08 bits per heavy atom. The van der Waals surface area contributed by atoms with E-state index in [9.17, 15) is 4.79 Å². The molecule has 4 heterocycles. The van der Waals surface area contributed by atoms with Crippen LogP contribution in [-0.2, 0) is 13.0 Å². The highest BCUT2D eigenvalue weighted by atomic mass is 16.2. The Bertz CT molecular complexity index is 985. The standard InChI is InChI=1S/C20H23N5O/c1-13-7-8-15-16(11-13)23-19(22-15)18-6-4-9-24(18)20(26)14-12-21-25-10-3-2-5-17(14)25/h7-8,11-12,18H,2-6,9-10H2,1H3,(H,22,23)/t18-/m1/s1. The van der Waals surface area contributed by atoms with Crippen molar-refractivity contribution in [1.82, 2.24) is 24.6 Å². The van der Waals surface area contributed by atoms with Crippen LogP contribution in [0.4, 0.5) is 0 Å². The number of hydrogen-bond donors (Lipinski definition) is 1. The first-order chi connectivity index (χ1) is 12.7. The third kappa shape index (κ3) is 2.43. The van der Waals surface area contributed by atoms with Gasteiger partial charge in [0.1, 0.15) is 5.82 Å². The molecule has 134 valence electrons. The van der Waals surface area contributed by atoms with Gasteiger partial charge in [0.05, 0.1) is 34.5 Å². The topological polar surface area (TPSA) is 66.8 Å². The first kappa shape index (κ1) is 15.6. The lowest BCUT2D eigenvalue weighted by molar-refractivity contribution is 0.0729. The quantitative estimate of drug-likeness (QED) is 0.771. The molecule has 2 aliphatic rings. The fourth-order valence-electron chi connectivity index (χ4n) is 4.35. The van der Waals surface area contributed by atoms with Crippen LogP contribution < -0.4 is 0 Å². The van der Waals surface area contributed by atoms with Gasteiger partial charge in [-0.25, -0.2) is 4.98 Å². The zero-order chi connectivity index (χ0) is 17.7. The SMILES string of the molecule is Cc1ccc2nc([C@H]3CCCN3C(=O)c3cnn4c3CCCC4)[nH]c2c1. The fraction of sp³-hybridized carbons (Fsp3) is 0.450. The summed E-state index contributed by atoms with van der Waals surface area (Å²) in [5.74, 6) is 1.00. The summed E-state index contributed by atoms with van der Waals surface area (Å²) >= 11 is 0. The Hall–Kier alpha value is -2.63. The molecule has 0 bridgehead atoms. The number of carbonyl (C=O) groups excluding carboxylic acids is 1. The molecule has 1 N–H and O–H groups in total. The van der Waals surface area contributed by atoms with Gasteiger partial charge in [0, 0.05) is 13.1 Å². The van der Waals surface area contributed by atoms with E-state index in [0.29, 0.717) is 0 Å². The number of fused-ring (bicyclic) bond motifs is 2. The summed E-state index contributed by atoms with van der Waals surface area (Å²) in [5.41, 5.74) is 5.10. The second kappa shape index (κ2) is 5.97. The molecule has 6 heteroatoms. The lowest BCUT2D eigenvalue weighted by Gasteiger charge is -2.24. The van der Waals surface area contributed by atoms with Crippen molar-refractivity contribution >= 4 is 16.9 Å². The third-order valence-corrected chi connectivity index (χ3v) is 5.70. The minimum Gasteiger partial charge on any atom is -0.340 e. The molecular formula is C20H23N5O. The number of hydrogen-bond acceptors (Lipinski definition) is 3. The van der Waals surface area contributed by atoms with Crippen LogP contribution in [-0.4, -0.2) is 37.1 Å². The van der Waals surface area contributed by atoms with Crippen molar-refractivity contribution in [3.63, 3.8) is 0 Å². The van der Waals surface area contributed by atoms with Crippen molar-refractivity contribution in [2.24, 2.45) is 0 Å². The van der Waals surface area contributed by atoms with Crippen LogP contribution in [0.15, 0.2) is 24.4 Å². The maximum absolute atomic E-state index is 13.3. The highest BCUT2D eigenvalue weighted by Gasteiger charge is 2.34. The van der Waals surface area contributed by atoms with Crippen molar-refractivity contribution in [1.29, 1.82) is 0 Å². The second-order valence-electron chi connectivity index (χ2n) is 7.48. The number of benzene rings is 1. The predicted molar refractivity (Wildman–Crippen MR) is 99.0 cm³/mol. The van der Waals surface area contributed by atoms with Crippen LogP contribution in [0.25, 0.3) is 11.0 Å². The molecule has 2 aromatic heterocycles. The molecule has 6 nitrogen and oxygen atoms in total. The van der Waals surface area contributed by atoms with Crippen molar-refractivity contribution in [2.45, 2.75) is 51.6 Å². The third-order valence-electron chi connectivity index (χ3n) is 5.70. The number of imidazole rings is 1. The maximum Gasteiger partial charge on any atom is 0.257 e. The van der Waals surface area contributed by atoms with E-state index in [1.54, 1.807) is 6.20 Å². The van der Waals surface area contributed by atoms with E-state index in [1.807, 2.05) is 15.6 Å². The Kier molecular flexibility index (Phi) is 3.58. The van der Waals surface area contributed by atoms with Crippen molar-refractivity contribution in [2.75, 3.05) is 6.54 Å². The number of aromatic nitrogens is 4. The van der Waals surface area contributed by atoms with Gasteiger partial charge in [0.15, 0.2) is 0 Å². The molecule has 0 radical (unpaired) electrons. The van der Waals surface area contributed by atoms with Crippen molar-refractivity contribution in [3.05, 3.63) is 47.0 Å². The van der Waals surface area contributed by atoms with Crippen LogP contribution in [0, 0.1) is 6.92 Å². The van der Waals surface area contributed by atoms with Crippen LogP contribution in [0.1, 0.15) is 59.2 Å². The van der Waals surface area contributed by atoms with E-state index >= 15 is 0 Å². The minimum atomic E-state index is 0.0225. The Morgan fingerprint density at radius 1 is 1.23 bits per heavy atom. The average molecular weight is 349 g/mol. The number of rotatable bonds is 2. The molecule has 0 unspecified atom stereocenters. The lowest BCUT2D eigenvalue weighted by atomic mass is 10.1. The second-order valence-corrected chi connectivity index (χ2v) is 7.48. The van der Waals surface area contributed by atoms with Crippen molar-refractivity contribution < 1.29 is 4.79 Å². The fourth-order valence-corrected chi connectivity index (χ4v) is 4.35. The minimum absolute atomic E-state index is 0.0225. The number of nitrogens with zero attached hydrogens (tertiary/aromatic N) is 4. The number of amides is 1. The van der Waals surface area contributed by atoms with E-state index in [0.717, 1.165) is 73.3 Å². The largest absolute Gasteiger partial charge is 0.340 e. The Morgan fingerprint density at radius 2 is 2.15 bits per heavy atom. The molecule has 0 saturated carbocycles. The zero-order valence-corrected chi connectivity index (χ0v) is 15.0. The summed E-state index contributed by atoms with van der Waals surface area (Å²) in [6, 6.07) is 6.25. The molecule has 1 fully saturated rings.